The zero-order valence-corrected chi connectivity index (χ0v) is 15.5. The lowest BCUT2D eigenvalue weighted by molar-refractivity contribution is 0.0953. The highest BCUT2D eigenvalue weighted by Gasteiger charge is 2.07. The third-order valence-electron chi connectivity index (χ3n) is 3.51. The zero-order chi connectivity index (χ0) is 17.9. The van der Waals surface area contributed by atoms with Gasteiger partial charge in [-0.25, -0.2) is 0 Å². The lowest BCUT2D eigenvalue weighted by Crippen LogP contribution is -2.33. The van der Waals surface area contributed by atoms with E-state index >= 15 is 0 Å². The minimum absolute atomic E-state index is 0. The molecule has 7 heteroatoms. The molecule has 0 aliphatic heterocycles. The molecule has 3 N–H and O–H groups in total. The van der Waals surface area contributed by atoms with Crippen LogP contribution < -0.4 is 16.0 Å². The van der Waals surface area contributed by atoms with Crippen LogP contribution in [0.15, 0.2) is 54.6 Å². The summed E-state index contributed by atoms with van der Waals surface area (Å²) in [5.41, 5.74) is 1.78. The van der Waals surface area contributed by atoms with Gasteiger partial charge in [-0.3, -0.25) is 9.59 Å². The van der Waals surface area contributed by atoms with E-state index in [1.807, 2.05) is 18.2 Å². The van der Waals surface area contributed by atoms with Crippen LogP contribution in [0, 0.1) is 0 Å². The normalized spacial score (nSPS) is 9.88. The maximum absolute atomic E-state index is 12.1. The predicted molar refractivity (Wildman–Crippen MR) is 105 cm³/mol. The predicted octanol–water partition coefficient (Wildman–Crippen LogP) is 2.33. The Labute approximate surface area is 159 Å². The molecule has 0 bridgehead atoms. The van der Waals surface area contributed by atoms with Gasteiger partial charge in [-0.1, -0.05) is 18.2 Å². The van der Waals surface area contributed by atoms with E-state index < -0.39 is 0 Å². The monoisotopic (exact) mass is 377 g/mol. The number of carbonyl (C=O) groups is 2. The van der Waals surface area contributed by atoms with Gasteiger partial charge in [0.2, 0.25) is 0 Å². The summed E-state index contributed by atoms with van der Waals surface area (Å²) in [4.78, 5) is 24.1. The first-order chi connectivity index (χ1) is 12.2. The molecule has 2 aromatic carbocycles. The Kier molecular flexibility index (Phi) is 10.0. The first-order valence-electron chi connectivity index (χ1n) is 8.15. The van der Waals surface area contributed by atoms with Crippen molar-refractivity contribution >= 4 is 29.9 Å². The fourth-order valence-corrected chi connectivity index (χ4v) is 2.16. The Morgan fingerprint density at radius 2 is 1.50 bits per heavy atom. The minimum Gasteiger partial charge on any atom is -0.383 e. The van der Waals surface area contributed by atoms with Crippen LogP contribution in [0.3, 0.4) is 0 Å². The van der Waals surface area contributed by atoms with Gasteiger partial charge in [-0.05, 0) is 36.4 Å². The molecular weight excluding hydrogens is 354 g/mol. The summed E-state index contributed by atoms with van der Waals surface area (Å²) in [6.45, 7) is 2.61. The van der Waals surface area contributed by atoms with Crippen LogP contribution >= 0.6 is 12.4 Å². The average molecular weight is 378 g/mol. The summed E-state index contributed by atoms with van der Waals surface area (Å²) in [6, 6.07) is 15.8. The molecule has 6 nitrogen and oxygen atoms in total. The largest absolute Gasteiger partial charge is 0.383 e. The Bertz CT molecular complexity index is 678. The van der Waals surface area contributed by atoms with Crippen LogP contribution in [0.1, 0.15) is 20.7 Å². The van der Waals surface area contributed by atoms with E-state index in [0.29, 0.717) is 36.5 Å². The van der Waals surface area contributed by atoms with E-state index in [0.717, 1.165) is 6.54 Å². The van der Waals surface area contributed by atoms with Crippen LogP contribution in [0.5, 0.6) is 0 Å². The lowest BCUT2D eigenvalue weighted by atomic mass is 10.1. The van der Waals surface area contributed by atoms with Gasteiger partial charge in [0.05, 0.1) is 6.61 Å². The van der Waals surface area contributed by atoms with Crippen molar-refractivity contribution in [3.05, 3.63) is 65.7 Å². The second-order valence-electron chi connectivity index (χ2n) is 5.40. The highest BCUT2D eigenvalue weighted by molar-refractivity contribution is 6.04. The molecule has 0 aliphatic carbocycles. The van der Waals surface area contributed by atoms with Gasteiger partial charge in [0.1, 0.15) is 0 Å². The molecule has 2 aromatic rings. The van der Waals surface area contributed by atoms with Crippen LogP contribution in [-0.2, 0) is 4.74 Å². The summed E-state index contributed by atoms with van der Waals surface area (Å²) in [7, 11) is 1.65. The van der Waals surface area contributed by atoms with Gasteiger partial charge < -0.3 is 20.7 Å². The highest BCUT2D eigenvalue weighted by Crippen LogP contribution is 2.11. The number of ether oxygens (including phenoxy) is 1. The fraction of sp³-hybridized carbons (Fsp3) is 0.263. The lowest BCUT2D eigenvalue weighted by Gasteiger charge is -2.08. The van der Waals surface area contributed by atoms with Gasteiger partial charge in [-0.15, -0.1) is 12.4 Å². The highest BCUT2D eigenvalue weighted by atomic mass is 35.5. The number of rotatable bonds is 9. The number of amides is 2. The minimum atomic E-state index is -0.181. The van der Waals surface area contributed by atoms with E-state index in [2.05, 4.69) is 16.0 Å². The van der Waals surface area contributed by atoms with E-state index in [9.17, 15) is 9.59 Å². The fourth-order valence-electron chi connectivity index (χ4n) is 2.16. The first-order valence-corrected chi connectivity index (χ1v) is 8.15. The van der Waals surface area contributed by atoms with Crippen molar-refractivity contribution < 1.29 is 14.3 Å². The van der Waals surface area contributed by atoms with E-state index in [4.69, 9.17) is 4.74 Å². The quantitative estimate of drug-likeness (QED) is 0.586. The molecule has 0 radical (unpaired) electrons. The summed E-state index contributed by atoms with van der Waals surface area (Å²) >= 11 is 0. The summed E-state index contributed by atoms with van der Waals surface area (Å²) in [6.07, 6.45) is 0. The van der Waals surface area contributed by atoms with Crippen molar-refractivity contribution in [2.45, 2.75) is 0 Å². The third-order valence-corrected chi connectivity index (χ3v) is 3.51. The molecule has 0 fully saturated rings. The van der Waals surface area contributed by atoms with Crippen molar-refractivity contribution in [3.8, 4) is 0 Å². The number of hydrogen-bond donors (Lipinski definition) is 3. The van der Waals surface area contributed by atoms with Gasteiger partial charge in [0.25, 0.3) is 11.8 Å². The van der Waals surface area contributed by atoms with E-state index in [1.54, 1.807) is 43.5 Å². The van der Waals surface area contributed by atoms with Crippen LogP contribution in [-0.4, -0.2) is 45.2 Å². The van der Waals surface area contributed by atoms with Crippen LogP contribution in [0.2, 0.25) is 0 Å². The number of benzene rings is 2. The van der Waals surface area contributed by atoms with Crippen molar-refractivity contribution in [2.24, 2.45) is 0 Å². The first kappa shape index (κ1) is 21.6. The SMILES string of the molecule is COCCNCCNC(=O)c1ccc(NC(=O)c2ccccc2)cc1.Cl. The Morgan fingerprint density at radius 1 is 0.846 bits per heavy atom. The Morgan fingerprint density at radius 3 is 2.15 bits per heavy atom. The summed E-state index contributed by atoms with van der Waals surface area (Å²) in [5.74, 6) is -0.325. The van der Waals surface area contributed by atoms with Gasteiger partial charge >= 0.3 is 0 Å². The topological polar surface area (TPSA) is 79.5 Å². The standard InChI is InChI=1S/C19H23N3O3.ClH/c1-25-14-13-20-11-12-21-18(23)16-7-9-17(10-8-16)22-19(24)15-5-3-2-4-6-15;/h2-10,20H,11-14H2,1H3,(H,21,23)(H,22,24);1H. The maximum Gasteiger partial charge on any atom is 0.255 e. The number of hydrogen-bond acceptors (Lipinski definition) is 4. The molecule has 2 rings (SSSR count). The molecule has 2 amide bonds. The molecule has 140 valence electrons. The van der Waals surface area contributed by atoms with Crippen molar-refractivity contribution in [1.82, 2.24) is 10.6 Å². The summed E-state index contributed by atoms with van der Waals surface area (Å²) in [5, 5.41) is 8.79. The number of nitrogens with one attached hydrogen (secondary N) is 3. The number of halogens is 1. The second kappa shape index (κ2) is 12.0. The Hall–Kier alpha value is -2.41. The number of methoxy groups -OCH3 is 1. The van der Waals surface area contributed by atoms with Gasteiger partial charge in [0.15, 0.2) is 0 Å². The van der Waals surface area contributed by atoms with Crippen molar-refractivity contribution in [1.29, 1.82) is 0 Å². The van der Waals surface area contributed by atoms with E-state index in [1.165, 1.54) is 0 Å². The molecule has 0 spiro atoms. The molecule has 26 heavy (non-hydrogen) atoms. The average Bonchev–Trinajstić information content (AvgIpc) is 2.65. The van der Waals surface area contributed by atoms with Gasteiger partial charge in [-0.2, -0.15) is 0 Å². The molecule has 0 atom stereocenters. The smallest absolute Gasteiger partial charge is 0.255 e. The van der Waals surface area contributed by atoms with E-state index in [-0.39, 0.29) is 24.2 Å². The number of carbonyl (C=O) groups excluding carboxylic acids is 2. The zero-order valence-electron chi connectivity index (χ0n) is 14.7. The van der Waals surface area contributed by atoms with Crippen LogP contribution in [0.25, 0.3) is 0 Å². The summed E-state index contributed by atoms with van der Waals surface area (Å²) < 4.78 is 4.93. The molecule has 0 heterocycles. The molecule has 0 unspecified atom stereocenters. The maximum atomic E-state index is 12.1. The van der Waals surface area contributed by atoms with Gasteiger partial charge in [0, 0.05) is 43.6 Å². The van der Waals surface area contributed by atoms with Crippen molar-refractivity contribution in [3.63, 3.8) is 0 Å². The molecule has 0 saturated carbocycles. The second-order valence-corrected chi connectivity index (χ2v) is 5.40. The Balaban J connectivity index is 0.00000338. The van der Waals surface area contributed by atoms with Crippen molar-refractivity contribution in [2.75, 3.05) is 38.7 Å². The molecule has 0 aromatic heterocycles. The van der Waals surface area contributed by atoms with Crippen LogP contribution in [0.4, 0.5) is 5.69 Å². The number of anilines is 1. The third kappa shape index (κ3) is 7.23. The molecular formula is C19H24ClN3O3. The molecule has 0 saturated heterocycles. The molecule has 0 aliphatic rings.